The van der Waals surface area contributed by atoms with Crippen LogP contribution >= 0.6 is 0 Å². The smallest absolute Gasteiger partial charge is 0.339 e. The Hall–Kier alpha value is -2.56. The molecule has 0 aliphatic rings. The van der Waals surface area contributed by atoms with Gasteiger partial charge in [-0.15, -0.1) is 0 Å². The number of carbonyl (C=O) groups excluding carboxylic acids is 1. The van der Waals surface area contributed by atoms with Crippen molar-refractivity contribution in [2.75, 3.05) is 6.61 Å². The molecule has 116 valence electrons. The Labute approximate surface area is 128 Å². The molecule has 1 amide bonds. The summed E-state index contributed by atoms with van der Waals surface area (Å²) in [4.78, 5) is 23.2. The van der Waals surface area contributed by atoms with E-state index in [0.29, 0.717) is 5.39 Å². The van der Waals surface area contributed by atoms with Gasteiger partial charge in [-0.1, -0.05) is 37.3 Å². The first kappa shape index (κ1) is 15.8. The van der Waals surface area contributed by atoms with Crippen LogP contribution in [0.15, 0.2) is 36.4 Å². The second kappa shape index (κ2) is 6.93. The molecule has 1 atom stereocenters. The highest BCUT2D eigenvalue weighted by molar-refractivity contribution is 6.00. The van der Waals surface area contributed by atoms with Crippen molar-refractivity contribution in [1.29, 1.82) is 0 Å². The average Bonchev–Trinajstić information content (AvgIpc) is 2.51. The van der Waals surface area contributed by atoms with E-state index in [-0.39, 0.29) is 29.9 Å². The van der Waals surface area contributed by atoms with Crippen molar-refractivity contribution in [2.24, 2.45) is 0 Å². The summed E-state index contributed by atoms with van der Waals surface area (Å²) in [5, 5.41) is 13.6. The Kier molecular flexibility index (Phi) is 4.99. The zero-order chi connectivity index (χ0) is 16.1. The van der Waals surface area contributed by atoms with Gasteiger partial charge < -0.3 is 15.2 Å². The summed E-state index contributed by atoms with van der Waals surface area (Å²) in [6.45, 7) is 3.66. The van der Waals surface area contributed by atoms with Crippen molar-refractivity contribution >= 4 is 22.6 Å². The van der Waals surface area contributed by atoms with E-state index in [0.717, 1.165) is 11.8 Å². The van der Waals surface area contributed by atoms with Gasteiger partial charge in [0.25, 0.3) is 5.91 Å². The summed E-state index contributed by atoms with van der Waals surface area (Å²) in [7, 11) is 0. The van der Waals surface area contributed by atoms with Gasteiger partial charge in [0.15, 0.2) is 6.61 Å². The van der Waals surface area contributed by atoms with E-state index in [1.54, 1.807) is 18.2 Å². The minimum Gasteiger partial charge on any atom is -0.482 e. The maximum atomic E-state index is 11.8. The first-order valence-corrected chi connectivity index (χ1v) is 7.20. The van der Waals surface area contributed by atoms with Crippen molar-refractivity contribution in [3.05, 3.63) is 42.0 Å². The molecule has 0 bridgehead atoms. The highest BCUT2D eigenvalue weighted by atomic mass is 16.5. The molecule has 5 nitrogen and oxygen atoms in total. The quantitative estimate of drug-likeness (QED) is 0.860. The van der Waals surface area contributed by atoms with E-state index in [1.807, 2.05) is 26.0 Å². The summed E-state index contributed by atoms with van der Waals surface area (Å²) in [5.74, 6) is -1.12. The number of nitrogens with one attached hydrogen (secondary N) is 1. The molecule has 2 rings (SSSR count). The van der Waals surface area contributed by atoms with Crippen LogP contribution in [0.3, 0.4) is 0 Å². The maximum Gasteiger partial charge on any atom is 0.339 e. The van der Waals surface area contributed by atoms with E-state index < -0.39 is 5.97 Å². The van der Waals surface area contributed by atoms with Crippen LogP contribution < -0.4 is 10.1 Å². The van der Waals surface area contributed by atoms with Crippen LogP contribution in [0, 0.1) is 0 Å². The number of fused-ring (bicyclic) bond motifs is 1. The highest BCUT2D eigenvalue weighted by Gasteiger charge is 2.16. The predicted octanol–water partition coefficient (Wildman–Crippen LogP) is 2.83. The molecule has 0 spiro atoms. The number of aromatic carboxylic acids is 1. The van der Waals surface area contributed by atoms with Crippen LogP contribution in [0.2, 0.25) is 0 Å². The van der Waals surface area contributed by atoms with Gasteiger partial charge in [0.1, 0.15) is 11.3 Å². The molecule has 22 heavy (non-hydrogen) atoms. The molecule has 0 aliphatic carbocycles. The van der Waals surface area contributed by atoms with E-state index in [9.17, 15) is 14.7 Å². The lowest BCUT2D eigenvalue weighted by Crippen LogP contribution is -2.35. The summed E-state index contributed by atoms with van der Waals surface area (Å²) in [6, 6.07) is 10.6. The molecule has 2 N–H and O–H groups in total. The molecule has 0 aromatic heterocycles. The van der Waals surface area contributed by atoms with Crippen LogP contribution in [0.1, 0.15) is 30.6 Å². The molecule has 0 radical (unpaired) electrons. The number of amides is 1. The minimum absolute atomic E-state index is 0.0510. The topological polar surface area (TPSA) is 75.6 Å². The largest absolute Gasteiger partial charge is 0.482 e. The van der Waals surface area contributed by atoms with Gasteiger partial charge >= 0.3 is 5.97 Å². The summed E-state index contributed by atoms with van der Waals surface area (Å²) < 4.78 is 5.53. The first-order chi connectivity index (χ1) is 10.5. The molecule has 0 saturated heterocycles. The van der Waals surface area contributed by atoms with Crippen molar-refractivity contribution in [2.45, 2.75) is 26.3 Å². The number of benzene rings is 2. The van der Waals surface area contributed by atoms with Gasteiger partial charge in [0.05, 0.1) is 0 Å². The molecule has 5 heteroatoms. The molecule has 0 saturated carbocycles. The fraction of sp³-hybridized carbons (Fsp3) is 0.294. The van der Waals surface area contributed by atoms with Gasteiger partial charge in [-0.25, -0.2) is 4.79 Å². The highest BCUT2D eigenvalue weighted by Crippen LogP contribution is 2.29. The third kappa shape index (κ3) is 3.55. The third-order valence-electron chi connectivity index (χ3n) is 3.48. The third-order valence-corrected chi connectivity index (χ3v) is 3.48. The number of hydrogen-bond donors (Lipinski definition) is 2. The van der Waals surface area contributed by atoms with Crippen molar-refractivity contribution < 1.29 is 19.4 Å². The number of ether oxygens (including phenoxy) is 1. The summed E-state index contributed by atoms with van der Waals surface area (Å²) in [6.07, 6.45) is 0.820. The van der Waals surface area contributed by atoms with Gasteiger partial charge in [-0.05, 0) is 24.8 Å². The number of carboxylic acids is 1. The average molecular weight is 301 g/mol. The lowest BCUT2D eigenvalue weighted by molar-refractivity contribution is -0.123. The lowest BCUT2D eigenvalue weighted by Gasteiger charge is -2.14. The molecule has 0 fully saturated rings. The van der Waals surface area contributed by atoms with Crippen molar-refractivity contribution in [1.82, 2.24) is 5.32 Å². The summed E-state index contributed by atoms with van der Waals surface area (Å²) >= 11 is 0. The molecular weight excluding hydrogens is 282 g/mol. The second-order valence-corrected chi connectivity index (χ2v) is 5.13. The predicted molar refractivity (Wildman–Crippen MR) is 84.3 cm³/mol. The summed E-state index contributed by atoms with van der Waals surface area (Å²) in [5.41, 5.74) is 0.0510. The molecule has 2 aromatic rings. The van der Waals surface area contributed by atoms with Crippen LogP contribution in [-0.2, 0) is 4.79 Å². The zero-order valence-corrected chi connectivity index (χ0v) is 12.6. The monoisotopic (exact) mass is 301 g/mol. The number of carbonyl (C=O) groups is 2. The van der Waals surface area contributed by atoms with Gasteiger partial charge in [-0.3, -0.25) is 4.79 Å². The Balaban J connectivity index is 2.27. The van der Waals surface area contributed by atoms with E-state index in [2.05, 4.69) is 5.32 Å². The molecular formula is C17H19NO4. The number of rotatable bonds is 6. The normalized spacial score (nSPS) is 11.9. The Morgan fingerprint density at radius 1 is 1.23 bits per heavy atom. The van der Waals surface area contributed by atoms with Gasteiger partial charge in [-0.2, -0.15) is 0 Å². The van der Waals surface area contributed by atoms with Gasteiger partial charge in [0.2, 0.25) is 0 Å². The Morgan fingerprint density at radius 2 is 1.95 bits per heavy atom. The van der Waals surface area contributed by atoms with Gasteiger partial charge in [0, 0.05) is 11.4 Å². The van der Waals surface area contributed by atoms with E-state index in [1.165, 1.54) is 6.07 Å². The molecule has 2 aromatic carbocycles. The zero-order valence-electron chi connectivity index (χ0n) is 12.6. The van der Waals surface area contributed by atoms with Crippen LogP contribution in [-0.4, -0.2) is 29.6 Å². The van der Waals surface area contributed by atoms with Crippen molar-refractivity contribution in [3.63, 3.8) is 0 Å². The lowest BCUT2D eigenvalue weighted by atomic mass is 10.1. The number of hydrogen-bond acceptors (Lipinski definition) is 3. The van der Waals surface area contributed by atoms with Crippen LogP contribution in [0.5, 0.6) is 5.75 Å². The fourth-order valence-electron chi connectivity index (χ4n) is 2.12. The number of carboxylic acid groups (broad SMARTS) is 1. The Bertz CT molecular complexity index is 696. The Morgan fingerprint density at radius 3 is 2.64 bits per heavy atom. The van der Waals surface area contributed by atoms with Crippen molar-refractivity contribution in [3.8, 4) is 5.75 Å². The molecule has 0 unspecified atom stereocenters. The first-order valence-electron chi connectivity index (χ1n) is 7.20. The van der Waals surface area contributed by atoms with E-state index >= 15 is 0 Å². The molecule has 0 heterocycles. The SMILES string of the molecule is CC[C@H](C)NC(=O)COc1c(C(=O)O)ccc2ccccc12. The van der Waals surface area contributed by atoms with Crippen LogP contribution in [0.4, 0.5) is 0 Å². The maximum absolute atomic E-state index is 11.8. The van der Waals surface area contributed by atoms with Crippen LogP contribution in [0.25, 0.3) is 10.8 Å². The van der Waals surface area contributed by atoms with E-state index in [4.69, 9.17) is 4.74 Å². The standard InChI is InChI=1S/C17H19NO4/c1-3-11(2)18-15(19)10-22-16-13-7-5-4-6-12(13)8-9-14(16)17(20)21/h4-9,11H,3,10H2,1-2H3,(H,18,19)(H,20,21)/t11-/m0/s1. The minimum atomic E-state index is -1.08. The molecule has 0 aliphatic heterocycles. The fourth-order valence-corrected chi connectivity index (χ4v) is 2.12. The second-order valence-electron chi connectivity index (χ2n) is 5.13.